The maximum Gasteiger partial charge on any atom is 0.407 e. The molecule has 0 saturated heterocycles. The van der Waals surface area contributed by atoms with Crippen LogP contribution in [0.2, 0.25) is 0 Å². The smallest absolute Gasteiger partial charge is 0.407 e. The summed E-state index contributed by atoms with van der Waals surface area (Å²) in [5.41, 5.74) is 0.631. The number of nitrogens with zero attached hydrogens (tertiary/aromatic N) is 1. The van der Waals surface area contributed by atoms with Crippen LogP contribution < -0.4 is 10.6 Å². The Labute approximate surface area is 118 Å². The third-order valence-electron chi connectivity index (χ3n) is 2.15. The van der Waals surface area contributed by atoms with Crippen molar-refractivity contribution in [1.82, 2.24) is 15.6 Å². The van der Waals surface area contributed by atoms with Crippen molar-refractivity contribution in [3.63, 3.8) is 0 Å². The number of rotatable bonds is 6. The lowest BCUT2D eigenvalue weighted by molar-refractivity contribution is 0.0528. The van der Waals surface area contributed by atoms with Gasteiger partial charge >= 0.3 is 6.09 Å². The molecule has 0 aliphatic heterocycles. The van der Waals surface area contributed by atoms with Crippen molar-refractivity contribution >= 4 is 17.4 Å². The lowest BCUT2D eigenvalue weighted by Crippen LogP contribution is -2.36. The molecule has 1 aromatic heterocycles. The van der Waals surface area contributed by atoms with E-state index < -0.39 is 5.60 Å². The van der Waals surface area contributed by atoms with E-state index in [2.05, 4.69) is 21.0 Å². The van der Waals surface area contributed by atoms with Crippen molar-refractivity contribution in [2.75, 3.05) is 19.6 Å². The highest BCUT2D eigenvalue weighted by molar-refractivity contribution is 7.09. The summed E-state index contributed by atoms with van der Waals surface area (Å²) in [5.74, 6) is 0. The van der Waals surface area contributed by atoms with E-state index in [-0.39, 0.29) is 6.09 Å². The molecule has 6 heteroatoms. The maximum absolute atomic E-state index is 11.3. The molecule has 0 aromatic carbocycles. The van der Waals surface area contributed by atoms with Gasteiger partial charge in [0.15, 0.2) is 0 Å². The molecule has 5 nitrogen and oxygen atoms in total. The molecule has 0 unspecified atom stereocenters. The average Bonchev–Trinajstić information content (AvgIpc) is 2.67. The number of hydrogen-bond acceptors (Lipinski definition) is 5. The quantitative estimate of drug-likeness (QED) is 0.786. The highest BCUT2D eigenvalue weighted by Gasteiger charge is 2.15. The number of amides is 1. The molecule has 0 aliphatic rings. The van der Waals surface area contributed by atoms with Crippen LogP contribution in [0, 0.1) is 6.92 Å². The number of alkyl carbamates (subject to hydrolysis) is 1. The zero-order chi connectivity index (χ0) is 14.3. The van der Waals surface area contributed by atoms with Crippen molar-refractivity contribution in [2.24, 2.45) is 0 Å². The second kappa shape index (κ2) is 7.45. The lowest BCUT2D eigenvalue weighted by atomic mass is 10.2. The molecule has 0 spiro atoms. The third-order valence-corrected chi connectivity index (χ3v) is 3.18. The highest BCUT2D eigenvalue weighted by atomic mass is 32.1. The van der Waals surface area contributed by atoms with Crippen LogP contribution in [0.1, 0.15) is 31.5 Å². The van der Waals surface area contributed by atoms with Gasteiger partial charge in [-0.1, -0.05) is 0 Å². The largest absolute Gasteiger partial charge is 0.444 e. The molecule has 0 aliphatic carbocycles. The normalized spacial score (nSPS) is 11.4. The molecule has 1 rings (SSSR count). The number of carbonyl (C=O) groups excluding carboxylic acids is 1. The standard InChI is InChI=1S/C13H23N3O2S/c1-10-9-19-11(16-10)5-6-14-7-8-15-12(17)18-13(2,3)4/h9,14H,5-8H2,1-4H3,(H,15,17). The molecule has 0 radical (unpaired) electrons. The number of hydrogen-bond donors (Lipinski definition) is 2. The van der Waals surface area contributed by atoms with Crippen molar-refractivity contribution in [3.8, 4) is 0 Å². The molecular weight excluding hydrogens is 262 g/mol. The van der Waals surface area contributed by atoms with E-state index >= 15 is 0 Å². The Balaban J connectivity index is 2.01. The van der Waals surface area contributed by atoms with Gasteiger partial charge in [0, 0.05) is 37.1 Å². The van der Waals surface area contributed by atoms with Gasteiger partial charge in [-0.15, -0.1) is 11.3 Å². The summed E-state index contributed by atoms with van der Waals surface area (Å²) in [7, 11) is 0. The second-order valence-electron chi connectivity index (χ2n) is 5.31. The van der Waals surface area contributed by atoms with Crippen LogP contribution in [0.15, 0.2) is 5.38 Å². The van der Waals surface area contributed by atoms with Gasteiger partial charge < -0.3 is 15.4 Å². The number of aryl methyl sites for hydroxylation is 1. The maximum atomic E-state index is 11.3. The third kappa shape index (κ3) is 7.79. The van der Waals surface area contributed by atoms with Crippen molar-refractivity contribution in [1.29, 1.82) is 0 Å². The molecule has 2 N–H and O–H groups in total. The average molecular weight is 285 g/mol. The Kier molecular flexibility index (Phi) is 6.24. The molecule has 0 atom stereocenters. The van der Waals surface area contributed by atoms with E-state index in [1.54, 1.807) is 11.3 Å². The summed E-state index contributed by atoms with van der Waals surface area (Å²) in [4.78, 5) is 15.7. The number of ether oxygens (including phenoxy) is 1. The first-order valence-electron chi connectivity index (χ1n) is 6.45. The van der Waals surface area contributed by atoms with Gasteiger partial charge in [0.05, 0.1) is 5.01 Å². The van der Waals surface area contributed by atoms with Crippen LogP contribution in [-0.4, -0.2) is 36.3 Å². The van der Waals surface area contributed by atoms with Crippen molar-refractivity contribution in [3.05, 3.63) is 16.1 Å². The SMILES string of the molecule is Cc1csc(CCNCCNC(=O)OC(C)(C)C)n1. The van der Waals surface area contributed by atoms with Crippen LogP contribution in [0.5, 0.6) is 0 Å². The predicted octanol–water partition coefficient (Wildman–Crippen LogP) is 2.11. The number of carbonyl (C=O) groups is 1. The van der Waals surface area contributed by atoms with Crippen molar-refractivity contribution < 1.29 is 9.53 Å². The molecule has 19 heavy (non-hydrogen) atoms. The van der Waals surface area contributed by atoms with E-state index in [4.69, 9.17) is 4.74 Å². The first-order chi connectivity index (χ1) is 8.87. The molecule has 1 heterocycles. The van der Waals surface area contributed by atoms with Crippen LogP contribution in [-0.2, 0) is 11.2 Å². The van der Waals surface area contributed by atoms with Gasteiger partial charge in [0.1, 0.15) is 5.60 Å². The van der Waals surface area contributed by atoms with Crippen LogP contribution in [0.3, 0.4) is 0 Å². The van der Waals surface area contributed by atoms with Gasteiger partial charge in [0.25, 0.3) is 0 Å². The molecule has 108 valence electrons. The zero-order valence-corrected chi connectivity index (χ0v) is 12.9. The molecule has 0 saturated carbocycles. The Morgan fingerprint density at radius 1 is 1.37 bits per heavy atom. The van der Waals surface area contributed by atoms with Gasteiger partial charge in [-0.2, -0.15) is 0 Å². The zero-order valence-electron chi connectivity index (χ0n) is 12.1. The molecule has 0 bridgehead atoms. The first-order valence-corrected chi connectivity index (χ1v) is 7.33. The van der Waals surface area contributed by atoms with Gasteiger partial charge in [-0.25, -0.2) is 9.78 Å². The van der Waals surface area contributed by atoms with Crippen molar-refractivity contribution in [2.45, 2.75) is 39.7 Å². The van der Waals surface area contributed by atoms with E-state index in [0.29, 0.717) is 6.54 Å². The lowest BCUT2D eigenvalue weighted by Gasteiger charge is -2.19. The monoisotopic (exact) mass is 285 g/mol. The van der Waals surface area contributed by atoms with Gasteiger partial charge in [0.2, 0.25) is 0 Å². The van der Waals surface area contributed by atoms with Crippen LogP contribution in [0.25, 0.3) is 0 Å². The summed E-state index contributed by atoms with van der Waals surface area (Å²) >= 11 is 1.68. The van der Waals surface area contributed by atoms with E-state index in [1.165, 1.54) is 0 Å². The molecule has 0 fully saturated rings. The number of thiazole rings is 1. The summed E-state index contributed by atoms with van der Waals surface area (Å²) in [6.07, 6.45) is 0.551. The second-order valence-corrected chi connectivity index (χ2v) is 6.25. The van der Waals surface area contributed by atoms with E-state index in [0.717, 1.165) is 30.2 Å². The molecular formula is C13H23N3O2S. The fourth-order valence-corrected chi connectivity index (χ4v) is 2.18. The first kappa shape index (κ1) is 15.9. The predicted molar refractivity (Wildman–Crippen MR) is 77.7 cm³/mol. The highest BCUT2D eigenvalue weighted by Crippen LogP contribution is 2.08. The minimum absolute atomic E-state index is 0.371. The summed E-state index contributed by atoms with van der Waals surface area (Å²) in [5, 5.41) is 9.16. The minimum atomic E-state index is -0.444. The Bertz CT molecular complexity index is 399. The topological polar surface area (TPSA) is 63.2 Å². The van der Waals surface area contributed by atoms with Gasteiger partial charge in [-0.3, -0.25) is 0 Å². The Hall–Kier alpha value is -1.14. The van der Waals surface area contributed by atoms with Gasteiger partial charge in [-0.05, 0) is 27.7 Å². The molecule has 1 amide bonds. The fraction of sp³-hybridized carbons (Fsp3) is 0.692. The van der Waals surface area contributed by atoms with Crippen LogP contribution >= 0.6 is 11.3 Å². The Morgan fingerprint density at radius 3 is 2.68 bits per heavy atom. The number of nitrogens with one attached hydrogen (secondary N) is 2. The fourth-order valence-electron chi connectivity index (χ4n) is 1.40. The van der Waals surface area contributed by atoms with E-state index in [1.807, 2.05) is 27.7 Å². The Morgan fingerprint density at radius 2 is 2.11 bits per heavy atom. The summed E-state index contributed by atoms with van der Waals surface area (Å²) in [6.45, 7) is 9.69. The summed E-state index contributed by atoms with van der Waals surface area (Å²) in [6, 6.07) is 0. The number of aromatic nitrogens is 1. The minimum Gasteiger partial charge on any atom is -0.444 e. The molecule has 1 aromatic rings. The van der Waals surface area contributed by atoms with Crippen LogP contribution in [0.4, 0.5) is 4.79 Å². The van der Waals surface area contributed by atoms with E-state index in [9.17, 15) is 4.79 Å². The summed E-state index contributed by atoms with van der Waals surface area (Å²) < 4.78 is 5.13.